The molecule has 0 aromatic heterocycles. The molecule has 1 aliphatic rings. The summed E-state index contributed by atoms with van der Waals surface area (Å²) < 4.78 is 13.9. The van der Waals surface area contributed by atoms with Gasteiger partial charge in [-0.15, -0.1) is 0 Å². The summed E-state index contributed by atoms with van der Waals surface area (Å²) in [6.45, 7) is 0.306. The third-order valence-electron chi connectivity index (χ3n) is 3.47. The Hall–Kier alpha value is -0.980. The Labute approximate surface area is 119 Å². The molecule has 2 N–H and O–H groups in total. The zero-order valence-corrected chi connectivity index (χ0v) is 11.9. The quantitative estimate of drug-likeness (QED) is 0.852. The van der Waals surface area contributed by atoms with Gasteiger partial charge < -0.3 is 5.73 Å². The van der Waals surface area contributed by atoms with Gasteiger partial charge in [-0.05, 0) is 42.2 Å². The zero-order valence-electron chi connectivity index (χ0n) is 11.1. The molecule has 0 bridgehead atoms. The van der Waals surface area contributed by atoms with E-state index in [0.717, 1.165) is 23.0 Å². The maximum absolute atomic E-state index is 13.9. The Kier molecular flexibility index (Phi) is 5.75. The second kappa shape index (κ2) is 7.57. The number of rotatable bonds is 4. The molecule has 0 atom stereocenters. The lowest BCUT2D eigenvalue weighted by molar-refractivity contribution is 0.614. The summed E-state index contributed by atoms with van der Waals surface area (Å²) in [7, 11) is 0. The third-order valence-corrected chi connectivity index (χ3v) is 4.70. The Morgan fingerprint density at radius 1 is 1.32 bits per heavy atom. The van der Waals surface area contributed by atoms with E-state index < -0.39 is 0 Å². The van der Waals surface area contributed by atoms with E-state index in [9.17, 15) is 4.39 Å². The van der Waals surface area contributed by atoms with Gasteiger partial charge in [0.2, 0.25) is 0 Å². The topological polar surface area (TPSA) is 26.0 Å². The van der Waals surface area contributed by atoms with Crippen LogP contribution in [0.25, 0.3) is 0 Å². The molecule has 0 aliphatic heterocycles. The van der Waals surface area contributed by atoms with E-state index in [1.54, 1.807) is 0 Å². The molecule has 1 aliphatic carbocycles. The molecule has 1 saturated carbocycles. The first-order valence-electron chi connectivity index (χ1n) is 6.84. The van der Waals surface area contributed by atoms with Gasteiger partial charge >= 0.3 is 0 Å². The molecule has 19 heavy (non-hydrogen) atoms. The van der Waals surface area contributed by atoms with Crippen LogP contribution in [-0.4, -0.2) is 12.3 Å². The largest absolute Gasteiger partial charge is 0.320 e. The van der Waals surface area contributed by atoms with Crippen molar-refractivity contribution in [3.05, 3.63) is 35.1 Å². The lowest BCUT2D eigenvalue weighted by Gasteiger charge is -2.08. The van der Waals surface area contributed by atoms with Gasteiger partial charge in [-0.25, -0.2) is 4.39 Å². The lowest BCUT2D eigenvalue weighted by atomic mass is 10.1. The fraction of sp³-hybridized carbons (Fsp3) is 0.500. The van der Waals surface area contributed by atoms with Gasteiger partial charge in [0.05, 0.1) is 6.54 Å². The minimum absolute atomic E-state index is 0.150. The molecule has 1 fully saturated rings. The standard InChI is InChI=1S/C16H20FNS/c17-16-10-13(6-3-9-18)7-8-15(16)12-19-11-14-4-1-2-5-14/h7-8,10,14H,1-2,4-5,9,11-12,18H2. The number of hydrogen-bond acceptors (Lipinski definition) is 2. The summed E-state index contributed by atoms with van der Waals surface area (Å²) in [6.07, 6.45) is 5.44. The molecule has 0 heterocycles. The molecular weight excluding hydrogens is 257 g/mol. The molecule has 1 aromatic carbocycles. The molecule has 0 spiro atoms. The van der Waals surface area contributed by atoms with Crippen LogP contribution < -0.4 is 5.73 Å². The molecular formula is C16H20FNS. The Bertz CT molecular complexity index is 469. The Balaban J connectivity index is 1.86. The number of benzene rings is 1. The van der Waals surface area contributed by atoms with Crippen molar-refractivity contribution in [3.63, 3.8) is 0 Å². The normalized spacial score (nSPS) is 15.3. The Morgan fingerprint density at radius 2 is 2.11 bits per heavy atom. The molecule has 0 saturated heterocycles. The molecule has 3 heteroatoms. The van der Waals surface area contributed by atoms with Crippen LogP contribution in [0.5, 0.6) is 0 Å². The maximum atomic E-state index is 13.9. The summed E-state index contributed by atoms with van der Waals surface area (Å²) in [5.41, 5.74) is 6.78. The first-order valence-corrected chi connectivity index (χ1v) is 8.00. The number of hydrogen-bond donors (Lipinski definition) is 1. The first-order chi connectivity index (χ1) is 9.29. The Morgan fingerprint density at radius 3 is 2.79 bits per heavy atom. The monoisotopic (exact) mass is 277 g/mol. The SMILES string of the molecule is NCC#Cc1ccc(CSCC2CCCC2)c(F)c1. The van der Waals surface area contributed by atoms with Crippen molar-refractivity contribution in [1.29, 1.82) is 0 Å². The van der Waals surface area contributed by atoms with E-state index >= 15 is 0 Å². The maximum Gasteiger partial charge on any atom is 0.128 e. The van der Waals surface area contributed by atoms with Crippen molar-refractivity contribution >= 4 is 11.8 Å². The van der Waals surface area contributed by atoms with Gasteiger partial charge in [0.15, 0.2) is 0 Å². The van der Waals surface area contributed by atoms with E-state index in [1.807, 2.05) is 23.9 Å². The highest BCUT2D eigenvalue weighted by molar-refractivity contribution is 7.98. The van der Waals surface area contributed by atoms with E-state index in [2.05, 4.69) is 11.8 Å². The van der Waals surface area contributed by atoms with Crippen LogP contribution >= 0.6 is 11.8 Å². The van der Waals surface area contributed by atoms with Crippen LogP contribution in [0.3, 0.4) is 0 Å². The molecule has 0 radical (unpaired) electrons. The smallest absolute Gasteiger partial charge is 0.128 e. The average molecular weight is 277 g/mol. The number of thioether (sulfide) groups is 1. The number of nitrogens with two attached hydrogens (primary N) is 1. The van der Waals surface area contributed by atoms with E-state index in [1.165, 1.54) is 31.7 Å². The van der Waals surface area contributed by atoms with Crippen molar-refractivity contribution in [3.8, 4) is 11.8 Å². The van der Waals surface area contributed by atoms with Gasteiger partial charge in [0.25, 0.3) is 0 Å². The fourth-order valence-electron chi connectivity index (χ4n) is 2.41. The summed E-state index contributed by atoms with van der Waals surface area (Å²) in [5, 5.41) is 0. The third kappa shape index (κ3) is 4.56. The average Bonchev–Trinajstić information content (AvgIpc) is 2.92. The highest BCUT2D eigenvalue weighted by Gasteiger charge is 2.14. The summed E-state index contributed by atoms with van der Waals surface area (Å²) >= 11 is 1.85. The van der Waals surface area contributed by atoms with Gasteiger partial charge in [0, 0.05) is 11.3 Å². The van der Waals surface area contributed by atoms with Gasteiger partial charge in [-0.2, -0.15) is 11.8 Å². The fourth-order valence-corrected chi connectivity index (χ4v) is 3.65. The van der Waals surface area contributed by atoms with Crippen molar-refractivity contribution in [2.45, 2.75) is 31.4 Å². The molecule has 0 amide bonds. The van der Waals surface area contributed by atoms with E-state index in [-0.39, 0.29) is 5.82 Å². The lowest BCUT2D eigenvalue weighted by Crippen LogP contribution is -1.98. The highest BCUT2D eigenvalue weighted by atomic mass is 32.2. The van der Waals surface area contributed by atoms with Gasteiger partial charge in [-0.3, -0.25) is 0 Å². The minimum atomic E-state index is -0.150. The van der Waals surface area contributed by atoms with Crippen LogP contribution in [0.1, 0.15) is 36.8 Å². The molecule has 1 nitrogen and oxygen atoms in total. The van der Waals surface area contributed by atoms with Crippen LogP contribution in [0.2, 0.25) is 0 Å². The van der Waals surface area contributed by atoms with Crippen LogP contribution in [0.4, 0.5) is 4.39 Å². The van der Waals surface area contributed by atoms with Crippen molar-refractivity contribution in [2.24, 2.45) is 11.7 Å². The first kappa shape index (κ1) is 14.4. The number of halogens is 1. The highest BCUT2D eigenvalue weighted by Crippen LogP contribution is 2.29. The van der Waals surface area contributed by atoms with Gasteiger partial charge in [-0.1, -0.05) is 30.7 Å². The van der Waals surface area contributed by atoms with Crippen LogP contribution in [0, 0.1) is 23.6 Å². The second-order valence-corrected chi connectivity index (χ2v) is 6.01. The van der Waals surface area contributed by atoms with Crippen LogP contribution in [-0.2, 0) is 5.75 Å². The molecule has 1 aromatic rings. The minimum Gasteiger partial charge on any atom is -0.320 e. The predicted octanol–water partition coefficient (Wildman–Crippen LogP) is 3.56. The van der Waals surface area contributed by atoms with E-state index in [0.29, 0.717) is 12.1 Å². The van der Waals surface area contributed by atoms with Crippen LogP contribution in [0.15, 0.2) is 18.2 Å². The van der Waals surface area contributed by atoms with Crippen molar-refractivity contribution < 1.29 is 4.39 Å². The van der Waals surface area contributed by atoms with Crippen molar-refractivity contribution in [2.75, 3.05) is 12.3 Å². The summed E-state index contributed by atoms with van der Waals surface area (Å²) in [6, 6.07) is 5.23. The van der Waals surface area contributed by atoms with Gasteiger partial charge in [0.1, 0.15) is 5.82 Å². The van der Waals surface area contributed by atoms with Crippen molar-refractivity contribution in [1.82, 2.24) is 0 Å². The summed E-state index contributed by atoms with van der Waals surface area (Å²) in [4.78, 5) is 0. The second-order valence-electron chi connectivity index (χ2n) is 4.98. The molecule has 102 valence electrons. The predicted molar refractivity (Wildman–Crippen MR) is 80.5 cm³/mol. The van der Waals surface area contributed by atoms with E-state index in [4.69, 9.17) is 5.73 Å². The zero-order chi connectivity index (χ0) is 13.5. The molecule has 2 rings (SSSR count). The summed E-state index contributed by atoms with van der Waals surface area (Å²) in [5.74, 6) is 8.21. The molecule has 0 unspecified atom stereocenters.